The Kier molecular flexibility index (Phi) is 5.78. The number of hydrogen-bond acceptors (Lipinski definition) is 0. The Morgan fingerprint density at radius 2 is 1.28 bits per heavy atom. The molecule has 0 aromatic heterocycles. The standard InChI is InChI=1S/C10H14F7I/c1-3-4-5-7(2,18)6-8(11,9(12,13)14)10(15,16)17/h3-6H2,1-2H3. The van der Waals surface area contributed by atoms with Gasteiger partial charge in [-0.25, -0.2) is 4.39 Å². The highest BCUT2D eigenvalue weighted by Crippen LogP contribution is 2.52. The first-order chi connectivity index (χ1) is 7.77. The van der Waals surface area contributed by atoms with Crippen molar-refractivity contribution in [2.45, 2.75) is 61.0 Å². The molecule has 110 valence electrons. The van der Waals surface area contributed by atoms with Crippen LogP contribution in [0.4, 0.5) is 30.7 Å². The molecule has 0 bridgehead atoms. The Morgan fingerprint density at radius 1 is 0.889 bits per heavy atom. The maximum Gasteiger partial charge on any atom is 0.431 e. The van der Waals surface area contributed by atoms with Crippen molar-refractivity contribution < 1.29 is 30.7 Å². The lowest BCUT2D eigenvalue weighted by atomic mass is 9.88. The van der Waals surface area contributed by atoms with E-state index in [0.717, 1.165) is 0 Å². The summed E-state index contributed by atoms with van der Waals surface area (Å²) < 4.78 is 86.2. The molecule has 0 aliphatic carbocycles. The molecule has 0 saturated heterocycles. The van der Waals surface area contributed by atoms with E-state index in [2.05, 4.69) is 0 Å². The zero-order valence-corrected chi connectivity index (χ0v) is 12.0. The molecule has 8 heteroatoms. The minimum absolute atomic E-state index is 0.0991. The highest BCUT2D eigenvalue weighted by Gasteiger charge is 2.73. The van der Waals surface area contributed by atoms with E-state index in [1.807, 2.05) is 0 Å². The summed E-state index contributed by atoms with van der Waals surface area (Å²) in [6, 6.07) is 0. The predicted octanol–water partition coefficient (Wildman–Crippen LogP) is 5.59. The molecule has 0 fully saturated rings. The summed E-state index contributed by atoms with van der Waals surface area (Å²) >= 11 is 1.46. The van der Waals surface area contributed by atoms with Crippen molar-refractivity contribution in [1.82, 2.24) is 0 Å². The molecular weight excluding hydrogens is 380 g/mol. The number of hydrogen-bond donors (Lipinski definition) is 0. The molecule has 0 N–H and O–H groups in total. The second-order valence-electron chi connectivity index (χ2n) is 4.49. The van der Waals surface area contributed by atoms with Gasteiger partial charge in [0, 0.05) is 9.84 Å². The summed E-state index contributed by atoms with van der Waals surface area (Å²) in [7, 11) is 0. The van der Waals surface area contributed by atoms with Gasteiger partial charge in [0.2, 0.25) is 0 Å². The van der Waals surface area contributed by atoms with Gasteiger partial charge >= 0.3 is 12.4 Å². The van der Waals surface area contributed by atoms with Gasteiger partial charge < -0.3 is 0 Å². The van der Waals surface area contributed by atoms with E-state index in [1.54, 1.807) is 6.92 Å². The van der Waals surface area contributed by atoms with Crippen LogP contribution in [0.1, 0.15) is 39.5 Å². The smallest absolute Gasteiger partial charge is 0.224 e. The SMILES string of the molecule is CCCCC(C)(I)CC(F)(C(F)(F)F)C(F)(F)F. The highest BCUT2D eigenvalue weighted by atomic mass is 127. The number of alkyl halides is 8. The van der Waals surface area contributed by atoms with Crippen molar-refractivity contribution >= 4 is 22.6 Å². The van der Waals surface area contributed by atoms with E-state index in [9.17, 15) is 30.7 Å². The Balaban J connectivity index is 5.16. The fourth-order valence-electron chi connectivity index (χ4n) is 1.50. The molecule has 0 aliphatic heterocycles. The quantitative estimate of drug-likeness (QED) is 0.324. The first-order valence-electron chi connectivity index (χ1n) is 5.28. The second kappa shape index (κ2) is 5.70. The Labute approximate surface area is 114 Å². The Morgan fingerprint density at radius 3 is 1.56 bits per heavy atom. The summed E-state index contributed by atoms with van der Waals surface area (Å²) in [4.78, 5) is 0. The molecule has 0 spiro atoms. The van der Waals surface area contributed by atoms with Gasteiger partial charge in [-0.15, -0.1) is 0 Å². The van der Waals surface area contributed by atoms with Gasteiger partial charge in [-0.3, -0.25) is 0 Å². The van der Waals surface area contributed by atoms with Gasteiger partial charge in [-0.1, -0.05) is 49.3 Å². The van der Waals surface area contributed by atoms with Crippen LogP contribution in [0.5, 0.6) is 0 Å². The normalized spacial score (nSPS) is 17.7. The number of halogens is 8. The highest BCUT2D eigenvalue weighted by molar-refractivity contribution is 14.1. The van der Waals surface area contributed by atoms with Gasteiger partial charge in [0.1, 0.15) is 0 Å². The van der Waals surface area contributed by atoms with Crippen LogP contribution in [0, 0.1) is 0 Å². The summed E-state index contributed by atoms with van der Waals surface area (Å²) in [5, 5.41) is 0. The molecule has 0 aliphatic rings. The average molecular weight is 394 g/mol. The van der Waals surface area contributed by atoms with E-state index in [1.165, 1.54) is 29.5 Å². The largest absolute Gasteiger partial charge is 0.431 e. The van der Waals surface area contributed by atoms with Crippen LogP contribution in [0.15, 0.2) is 0 Å². The van der Waals surface area contributed by atoms with Gasteiger partial charge in [0.05, 0.1) is 0 Å². The molecular formula is C10H14F7I. The van der Waals surface area contributed by atoms with Crippen molar-refractivity contribution in [2.75, 3.05) is 0 Å². The van der Waals surface area contributed by atoms with Crippen LogP contribution in [-0.4, -0.2) is 21.4 Å². The Hall–Kier alpha value is 0.240. The molecule has 0 rings (SSSR count). The van der Waals surface area contributed by atoms with Gasteiger partial charge in [0.15, 0.2) is 0 Å². The van der Waals surface area contributed by atoms with Crippen molar-refractivity contribution in [3.63, 3.8) is 0 Å². The summed E-state index contributed by atoms with van der Waals surface area (Å²) in [6.45, 7) is 2.96. The fourth-order valence-corrected chi connectivity index (χ4v) is 2.41. The van der Waals surface area contributed by atoms with Crippen molar-refractivity contribution in [3.8, 4) is 0 Å². The third-order valence-electron chi connectivity index (χ3n) is 2.56. The summed E-state index contributed by atoms with van der Waals surface area (Å²) in [6.07, 6.45) is -12.4. The van der Waals surface area contributed by atoms with Gasteiger partial charge in [0.25, 0.3) is 5.67 Å². The lowest BCUT2D eigenvalue weighted by Crippen LogP contribution is -2.55. The van der Waals surface area contributed by atoms with Crippen LogP contribution in [-0.2, 0) is 0 Å². The molecule has 0 aromatic rings. The van der Waals surface area contributed by atoms with Crippen LogP contribution in [0.3, 0.4) is 0 Å². The lowest BCUT2D eigenvalue weighted by Gasteiger charge is -2.35. The maximum atomic E-state index is 13.5. The van der Waals surface area contributed by atoms with Crippen LogP contribution in [0.25, 0.3) is 0 Å². The molecule has 18 heavy (non-hydrogen) atoms. The fraction of sp³-hybridized carbons (Fsp3) is 1.00. The molecule has 0 saturated carbocycles. The molecule has 0 amide bonds. The van der Waals surface area contributed by atoms with Crippen LogP contribution >= 0.6 is 22.6 Å². The second-order valence-corrected chi connectivity index (χ2v) is 7.09. The number of rotatable bonds is 5. The predicted molar refractivity (Wildman–Crippen MR) is 62.5 cm³/mol. The molecule has 1 unspecified atom stereocenters. The van der Waals surface area contributed by atoms with Gasteiger partial charge in [-0.05, 0) is 6.42 Å². The lowest BCUT2D eigenvalue weighted by molar-refractivity contribution is -0.344. The van der Waals surface area contributed by atoms with E-state index in [0.29, 0.717) is 12.8 Å². The summed E-state index contributed by atoms with van der Waals surface area (Å²) in [5.74, 6) is 0. The molecule has 0 heterocycles. The monoisotopic (exact) mass is 394 g/mol. The van der Waals surface area contributed by atoms with Crippen molar-refractivity contribution in [3.05, 3.63) is 0 Å². The molecule has 0 aromatic carbocycles. The third-order valence-corrected chi connectivity index (χ3v) is 3.48. The molecule has 1 atom stereocenters. The number of unbranched alkanes of at least 4 members (excludes halogenated alkanes) is 1. The maximum absolute atomic E-state index is 13.5. The Bertz CT molecular complexity index is 252. The zero-order valence-electron chi connectivity index (χ0n) is 9.85. The van der Waals surface area contributed by atoms with E-state index < -0.39 is 27.9 Å². The minimum atomic E-state index is -5.95. The topological polar surface area (TPSA) is 0 Å². The van der Waals surface area contributed by atoms with Crippen molar-refractivity contribution in [2.24, 2.45) is 0 Å². The first-order valence-corrected chi connectivity index (χ1v) is 6.36. The molecule has 0 radical (unpaired) electrons. The zero-order chi connectivity index (χ0) is 14.8. The van der Waals surface area contributed by atoms with Crippen LogP contribution < -0.4 is 0 Å². The molecule has 0 nitrogen and oxygen atoms in total. The first kappa shape index (κ1) is 18.2. The minimum Gasteiger partial charge on any atom is -0.224 e. The van der Waals surface area contributed by atoms with E-state index in [4.69, 9.17) is 0 Å². The van der Waals surface area contributed by atoms with Crippen LogP contribution in [0.2, 0.25) is 0 Å². The van der Waals surface area contributed by atoms with E-state index >= 15 is 0 Å². The average Bonchev–Trinajstić information content (AvgIpc) is 2.10. The van der Waals surface area contributed by atoms with E-state index in [-0.39, 0.29) is 6.42 Å². The van der Waals surface area contributed by atoms with Gasteiger partial charge in [-0.2, -0.15) is 26.3 Å². The van der Waals surface area contributed by atoms with Crippen molar-refractivity contribution in [1.29, 1.82) is 0 Å². The third kappa shape index (κ3) is 4.41. The summed E-state index contributed by atoms with van der Waals surface area (Å²) in [5.41, 5.74) is -5.15.